The van der Waals surface area contributed by atoms with Gasteiger partial charge in [-0.1, -0.05) is 19.0 Å². The van der Waals surface area contributed by atoms with E-state index in [2.05, 4.69) is 10.5 Å². The Hall–Kier alpha value is -3.47. The zero-order valence-electron chi connectivity index (χ0n) is 21.8. The van der Waals surface area contributed by atoms with Crippen molar-refractivity contribution < 1.29 is 23.5 Å². The van der Waals surface area contributed by atoms with E-state index in [1.165, 1.54) is 43.2 Å². The van der Waals surface area contributed by atoms with Crippen LogP contribution in [0.25, 0.3) is 0 Å². The van der Waals surface area contributed by atoms with Crippen LogP contribution in [0.3, 0.4) is 0 Å². The van der Waals surface area contributed by atoms with Crippen molar-refractivity contribution in [3.63, 3.8) is 0 Å². The molecule has 2 aromatic rings. The van der Waals surface area contributed by atoms with Gasteiger partial charge in [-0.2, -0.15) is 0 Å². The molecule has 198 valence electrons. The number of methoxy groups -OCH3 is 2. The number of amides is 1. The Morgan fingerprint density at radius 1 is 1.17 bits per heavy atom. The predicted octanol–water partition coefficient (Wildman–Crippen LogP) is 2.47. The van der Waals surface area contributed by atoms with Gasteiger partial charge in [0.2, 0.25) is 5.91 Å². The summed E-state index contributed by atoms with van der Waals surface area (Å²) in [6.45, 7) is 8.67. The van der Waals surface area contributed by atoms with Crippen molar-refractivity contribution in [1.82, 2.24) is 14.5 Å². The third kappa shape index (κ3) is 7.27. The highest BCUT2D eigenvalue weighted by Crippen LogP contribution is 2.29. The van der Waals surface area contributed by atoms with Crippen molar-refractivity contribution in [3.05, 3.63) is 62.2 Å². The van der Waals surface area contributed by atoms with E-state index in [-0.39, 0.29) is 48.8 Å². The van der Waals surface area contributed by atoms with Gasteiger partial charge in [0.15, 0.2) is 0 Å². The Morgan fingerprint density at radius 3 is 2.44 bits per heavy atom. The lowest BCUT2D eigenvalue weighted by molar-refractivity contribution is -0.124. The van der Waals surface area contributed by atoms with Gasteiger partial charge in [-0.3, -0.25) is 18.7 Å². The Labute approximate surface area is 209 Å². The Morgan fingerprint density at radius 2 is 1.86 bits per heavy atom. The molecule has 1 aromatic carbocycles. The molecule has 0 radical (unpaired) electrons. The van der Waals surface area contributed by atoms with E-state index < -0.39 is 23.2 Å². The van der Waals surface area contributed by atoms with Crippen LogP contribution in [0.4, 0.5) is 4.39 Å². The molecule has 1 N–H and O–H groups in total. The maximum atomic E-state index is 14.0. The number of benzene rings is 1. The van der Waals surface area contributed by atoms with Crippen molar-refractivity contribution in [3.8, 4) is 5.75 Å². The van der Waals surface area contributed by atoms with Crippen LogP contribution in [0.15, 0.2) is 39.1 Å². The Bertz CT molecular complexity index is 1200. The molecule has 0 saturated heterocycles. The van der Waals surface area contributed by atoms with Gasteiger partial charge in [0.25, 0.3) is 5.56 Å². The highest BCUT2D eigenvalue weighted by atomic mass is 19.1. The van der Waals surface area contributed by atoms with E-state index in [4.69, 9.17) is 14.3 Å². The number of hydrogen-bond donors (Lipinski definition) is 1. The molecule has 0 aliphatic rings. The number of hydrogen-bond acceptors (Lipinski definition) is 7. The predicted molar refractivity (Wildman–Crippen MR) is 134 cm³/mol. The lowest BCUT2D eigenvalue weighted by atomic mass is 10.1. The molecule has 1 amide bonds. The Balaban J connectivity index is 2.56. The van der Waals surface area contributed by atoms with Gasteiger partial charge in [0.05, 0.1) is 24.9 Å². The van der Waals surface area contributed by atoms with Crippen LogP contribution < -0.4 is 21.3 Å². The third-order valence-corrected chi connectivity index (χ3v) is 5.37. The summed E-state index contributed by atoms with van der Waals surface area (Å²) in [5, 5.41) is 6.72. The number of aromatic nitrogens is 2. The molecule has 0 aliphatic carbocycles. The molecule has 11 heteroatoms. The number of halogens is 1. The first kappa shape index (κ1) is 28.8. The first-order valence-electron chi connectivity index (χ1n) is 11.7. The van der Waals surface area contributed by atoms with Crippen LogP contribution in [0, 0.1) is 11.7 Å². The van der Waals surface area contributed by atoms with Crippen LogP contribution >= 0.6 is 0 Å². The van der Waals surface area contributed by atoms with Gasteiger partial charge < -0.3 is 19.6 Å². The minimum absolute atomic E-state index is 0.0426. The zero-order chi connectivity index (χ0) is 27.0. The Kier molecular flexibility index (Phi) is 10.4. The molecule has 36 heavy (non-hydrogen) atoms. The lowest BCUT2D eigenvalue weighted by Crippen LogP contribution is -2.45. The van der Waals surface area contributed by atoms with Crippen LogP contribution in [-0.4, -0.2) is 47.6 Å². The van der Waals surface area contributed by atoms with E-state index in [1.54, 1.807) is 34.6 Å². The first-order valence-corrected chi connectivity index (χ1v) is 11.7. The summed E-state index contributed by atoms with van der Waals surface area (Å²) >= 11 is 0. The third-order valence-electron chi connectivity index (χ3n) is 5.37. The molecule has 0 saturated carbocycles. The highest BCUT2D eigenvalue weighted by molar-refractivity contribution is 5.97. The zero-order valence-corrected chi connectivity index (χ0v) is 21.8. The fourth-order valence-electron chi connectivity index (χ4n) is 3.39. The van der Waals surface area contributed by atoms with Gasteiger partial charge >= 0.3 is 5.69 Å². The standard InChI is InChI=1S/C25H35FN4O6/c1-15(2)23(31)27-10-11-30-24(32)20(17(5)28-36-16(3)4)13-29(25(30)33)14-22(35-7)19-12-18(26)8-9-21(19)34-6/h8-9,12-13,15-16,22H,10-11,14H2,1-7H3,(H,27,31)/b28-17+. The summed E-state index contributed by atoms with van der Waals surface area (Å²) in [7, 11) is 2.88. The minimum atomic E-state index is -0.767. The summed E-state index contributed by atoms with van der Waals surface area (Å²) in [6.07, 6.45) is 0.406. The van der Waals surface area contributed by atoms with Crippen molar-refractivity contribution in [2.24, 2.45) is 11.1 Å². The van der Waals surface area contributed by atoms with Crippen LogP contribution in [0.5, 0.6) is 5.75 Å². The van der Waals surface area contributed by atoms with Gasteiger partial charge in [-0.05, 0) is 39.0 Å². The molecule has 1 atom stereocenters. The van der Waals surface area contributed by atoms with Gasteiger partial charge in [-0.25, -0.2) is 9.18 Å². The molecule has 0 fully saturated rings. The van der Waals surface area contributed by atoms with Crippen molar-refractivity contribution in [1.29, 1.82) is 0 Å². The topological polar surface area (TPSA) is 113 Å². The summed E-state index contributed by atoms with van der Waals surface area (Å²) in [5.41, 5.74) is -0.353. The number of nitrogens with one attached hydrogen (secondary N) is 1. The fourth-order valence-corrected chi connectivity index (χ4v) is 3.39. The normalized spacial score (nSPS) is 12.7. The van der Waals surface area contributed by atoms with Crippen LogP contribution in [0.1, 0.15) is 51.8 Å². The average molecular weight is 507 g/mol. The van der Waals surface area contributed by atoms with E-state index in [0.717, 1.165) is 4.57 Å². The molecule has 10 nitrogen and oxygen atoms in total. The van der Waals surface area contributed by atoms with Crippen molar-refractivity contribution in [2.75, 3.05) is 20.8 Å². The van der Waals surface area contributed by atoms with Gasteiger partial charge in [-0.15, -0.1) is 0 Å². The van der Waals surface area contributed by atoms with Crippen LogP contribution in [0.2, 0.25) is 0 Å². The maximum Gasteiger partial charge on any atom is 0.331 e. The second-order valence-corrected chi connectivity index (χ2v) is 8.82. The molecule has 1 aromatic heterocycles. The molecular formula is C25H35FN4O6. The molecular weight excluding hydrogens is 471 g/mol. The molecule has 1 heterocycles. The number of carbonyl (C=O) groups excluding carboxylic acids is 1. The van der Waals surface area contributed by atoms with Gasteiger partial charge in [0.1, 0.15) is 23.8 Å². The number of ether oxygens (including phenoxy) is 2. The summed E-state index contributed by atoms with van der Waals surface area (Å²) < 4.78 is 27.2. The highest BCUT2D eigenvalue weighted by Gasteiger charge is 2.21. The smallest absolute Gasteiger partial charge is 0.331 e. The number of oxime groups is 1. The van der Waals surface area contributed by atoms with E-state index >= 15 is 0 Å². The molecule has 2 rings (SSSR count). The first-order chi connectivity index (χ1) is 17.0. The van der Waals surface area contributed by atoms with E-state index in [1.807, 2.05) is 0 Å². The molecule has 0 aliphatic heterocycles. The number of rotatable bonds is 12. The summed E-state index contributed by atoms with van der Waals surface area (Å²) in [5.74, 6) is -0.527. The molecule has 0 bridgehead atoms. The fraction of sp³-hybridized carbons (Fsp3) is 0.520. The molecule has 1 unspecified atom stereocenters. The number of nitrogens with zero attached hydrogens (tertiary/aromatic N) is 3. The minimum Gasteiger partial charge on any atom is -0.496 e. The van der Waals surface area contributed by atoms with Gasteiger partial charge in [0, 0.05) is 37.9 Å². The SMILES string of the molecule is COc1ccc(F)cc1C(Cn1cc(/C(C)=N/OC(C)C)c(=O)n(CCNC(=O)C(C)C)c1=O)OC. The second-order valence-electron chi connectivity index (χ2n) is 8.82. The van der Waals surface area contributed by atoms with E-state index in [0.29, 0.717) is 11.3 Å². The average Bonchev–Trinajstić information content (AvgIpc) is 2.83. The quantitative estimate of drug-likeness (QED) is 0.350. The summed E-state index contributed by atoms with van der Waals surface area (Å²) in [6, 6.07) is 4.02. The monoisotopic (exact) mass is 506 g/mol. The van der Waals surface area contributed by atoms with Crippen LogP contribution in [-0.2, 0) is 27.5 Å². The molecule has 0 spiro atoms. The second kappa shape index (κ2) is 13.0. The lowest BCUT2D eigenvalue weighted by Gasteiger charge is -2.21. The number of carbonyl (C=O) groups is 1. The van der Waals surface area contributed by atoms with E-state index in [9.17, 15) is 18.8 Å². The largest absolute Gasteiger partial charge is 0.496 e. The summed E-state index contributed by atoms with van der Waals surface area (Å²) in [4.78, 5) is 43.8. The van der Waals surface area contributed by atoms with Crippen molar-refractivity contribution >= 4 is 11.6 Å². The van der Waals surface area contributed by atoms with Crippen molar-refractivity contribution in [2.45, 2.75) is 59.9 Å². The maximum absolute atomic E-state index is 14.0.